The van der Waals surface area contributed by atoms with E-state index in [9.17, 15) is 9.90 Å². The molecule has 1 fully saturated rings. The van der Waals surface area contributed by atoms with Crippen LogP contribution in [0.25, 0.3) is 0 Å². The van der Waals surface area contributed by atoms with Crippen LogP contribution in [0.15, 0.2) is 24.3 Å². The lowest BCUT2D eigenvalue weighted by Crippen LogP contribution is -2.43. The van der Waals surface area contributed by atoms with E-state index >= 15 is 0 Å². The van der Waals surface area contributed by atoms with E-state index in [0.29, 0.717) is 6.54 Å². The summed E-state index contributed by atoms with van der Waals surface area (Å²) in [4.78, 5) is 14.2. The molecule has 120 valence electrons. The highest BCUT2D eigenvalue weighted by Gasteiger charge is 2.28. The number of amides is 2. The van der Waals surface area contributed by atoms with Gasteiger partial charge in [0.25, 0.3) is 0 Å². The maximum Gasteiger partial charge on any atom is 0.317 e. The fourth-order valence-electron chi connectivity index (χ4n) is 3.80. The summed E-state index contributed by atoms with van der Waals surface area (Å²) in [6, 6.07) is 8.44. The molecule has 2 N–H and O–H groups in total. The number of hydrogen-bond acceptors (Lipinski definition) is 2. The Morgan fingerprint density at radius 1 is 1.27 bits per heavy atom. The van der Waals surface area contributed by atoms with Gasteiger partial charge in [-0.3, -0.25) is 0 Å². The van der Waals surface area contributed by atoms with Crippen LogP contribution in [0.5, 0.6) is 0 Å². The van der Waals surface area contributed by atoms with Crippen LogP contribution in [0.2, 0.25) is 0 Å². The Balaban J connectivity index is 1.56. The first-order valence-corrected chi connectivity index (χ1v) is 8.42. The Bertz CT molecular complexity index is 532. The molecule has 0 unspecified atom stereocenters. The maximum atomic E-state index is 12.4. The standard InChI is InChI=1S/C18H26N2O2/c1-20(12-14-7-3-5-9-17(14)21)18(22)19-16-11-10-13-6-2-4-8-15(13)16/h2,4,6,8,14,16-17,21H,3,5,7,9-12H2,1H3,(H,19,22)/t14-,16-,17-/m0/s1. The van der Waals surface area contributed by atoms with Crippen molar-refractivity contribution >= 4 is 6.03 Å². The minimum absolute atomic E-state index is 0.0283. The SMILES string of the molecule is CN(C[C@@H]1CCCC[C@@H]1O)C(=O)N[C@H]1CCc2ccccc21. The van der Waals surface area contributed by atoms with E-state index in [4.69, 9.17) is 0 Å². The number of carbonyl (C=O) groups excluding carboxylic acids is 1. The minimum Gasteiger partial charge on any atom is -0.393 e. The van der Waals surface area contributed by atoms with Gasteiger partial charge in [-0.05, 0) is 36.8 Å². The zero-order valence-electron chi connectivity index (χ0n) is 13.3. The van der Waals surface area contributed by atoms with Gasteiger partial charge in [0, 0.05) is 19.5 Å². The molecule has 0 spiro atoms. The second-order valence-corrected chi connectivity index (χ2v) is 6.73. The van der Waals surface area contributed by atoms with E-state index in [1.54, 1.807) is 4.90 Å². The van der Waals surface area contributed by atoms with Gasteiger partial charge >= 0.3 is 6.03 Å². The molecule has 2 aliphatic carbocycles. The van der Waals surface area contributed by atoms with Crippen molar-refractivity contribution < 1.29 is 9.90 Å². The second kappa shape index (κ2) is 6.69. The fraction of sp³-hybridized carbons (Fsp3) is 0.611. The van der Waals surface area contributed by atoms with Crippen LogP contribution in [0.3, 0.4) is 0 Å². The Morgan fingerprint density at radius 2 is 2.05 bits per heavy atom. The first kappa shape index (κ1) is 15.3. The zero-order chi connectivity index (χ0) is 15.5. The molecule has 0 radical (unpaired) electrons. The summed E-state index contributed by atoms with van der Waals surface area (Å²) in [5.74, 6) is 0.223. The van der Waals surface area contributed by atoms with E-state index < -0.39 is 0 Å². The van der Waals surface area contributed by atoms with Gasteiger partial charge in [-0.2, -0.15) is 0 Å². The molecule has 4 nitrogen and oxygen atoms in total. The number of hydrogen-bond donors (Lipinski definition) is 2. The van der Waals surface area contributed by atoms with Crippen LogP contribution in [0.4, 0.5) is 4.79 Å². The number of rotatable bonds is 3. The molecule has 3 rings (SSSR count). The monoisotopic (exact) mass is 302 g/mol. The molecule has 0 aliphatic heterocycles. The molecular formula is C18H26N2O2. The molecule has 0 bridgehead atoms. The molecule has 1 aromatic rings. The van der Waals surface area contributed by atoms with Crippen LogP contribution in [-0.2, 0) is 6.42 Å². The molecule has 2 amide bonds. The van der Waals surface area contributed by atoms with Crippen molar-refractivity contribution in [3.63, 3.8) is 0 Å². The number of carbonyl (C=O) groups is 1. The highest BCUT2D eigenvalue weighted by molar-refractivity contribution is 5.74. The van der Waals surface area contributed by atoms with E-state index in [1.165, 1.54) is 11.1 Å². The molecule has 3 atom stereocenters. The molecule has 1 aromatic carbocycles. The third-order valence-corrected chi connectivity index (χ3v) is 5.15. The van der Waals surface area contributed by atoms with Gasteiger partial charge in [-0.1, -0.05) is 37.1 Å². The molecule has 1 saturated carbocycles. The Labute approximate surface area is 132 Å². The number of nitrogens with zero attached hydrogens (tertiary/aromatic N) is 1. The summed E-state index contributed by atoms with van der Waals surface area (Å²) in [5.41, 5.74) is 2.60. The third kappa shape index (κ3) is 3.27. The van der Waals surface area contributed by atoms with Crippen molar-refractivity contribution in [1.29, 1.82) is 0 Å². The lowest BCUT2D eigenvalue weighted by atomic mass is 9.86. The van der Waals surface area contributed by atoms with E-state index in [1.807, 2.05) is 13.1 Å². The number of nitrogens with one attached hydrogen (secondary N) is 1. The molecular weight excluding hydrogens is 276 g/mol. The summed E-state index contributed by atoms with van der Waals surface area (Å²) in [6.07, 6.45) is 5.91. The molecule has 0 heterocycles. The van der Waals surface area contributed by atoms with Gasteiger partial charge in [-0.25, -0.2) is 4.79 Å². The molecule has 22 heavy (non-hydrogen) atoms. The van der Waals surface area contributed by atoms with Gasteiger partial charge in [0.1, 0.15) is 0 Å². The Kier molecular flexibility index (Phi) is 4.67. The summed E-state index contributed by atoms with van der Waals surface area (Å²) in [5, 5.41) is 13.2. The zero-order valence-corrected chi connectivity index (χ0v) is 13.3. The fourth-order valence-corrected chi connectivity index (χ4v) is 3.80. The molecule has 2 aliphatic rings. The Hall–Kier alpha value is -1.55. The number of aryl methyl sites for hydroxylation is 1. The van der Waals surface area contributed by atoms with Crippen LogP contribution < -0.4 is 5.32 Å². The summed E-state index contributed by atoms with van der Waals surface area (Å²) in [7, 11) is 1.83. The Morgan fingerprint density at radius 3 is 2.86 bits per heavy atom. The minimum atomic E-state index is -0.254. The molecule has 0 aromatic heterocycles. The van der Waals surface area contributed by atoms with Crippen molar-refractivity contribution in [2.24, 2.45) is 5.92 Å². The van der Waals surface area contributed by atoms with Crippen molar-refractivity contribution in [1.82, 2.24) is 10.2 Å². The van der Waals surface area contributed by atoms with Crippen LogP contribution in [-0.4, -0.2) is 35.7 Å². The topological polar surface area (TPSA) is 52.6 Å². The van der Waals surface area contributed by atoms with Gasteiger partial charge < -0.3 is 15.3 Å². The van der Waals surface area contributed by atoms with Crippen molar-refractivity contribution in [3.8, 4) is 0 Å². The van der Waals surface area contributed by atoms with Gasteiger partial charge in [-0.15, -0.1) is 0 Å². The average molecular weight is 302 g/mol. The van der Waals surface area contributed by atoms with Crippen LogP contribution in [0.1, 0.15) is 49.3 Å². The number of aliphatic hydroxyl groups is 1. The predicted molar refractivity (Wildman–Crippen MR) is 86.6 cm³/mol. The van der Waals surface area contributed by atoms with E-state index in [2.05, 4.69) is 23.5 Å². The lowest BCUT2D eigenvalue weighted by molar-refractivity contribution is 0.0563. The van der Waals surface area contributed by atoms with E-state index in [-0.39, 0.29) is 24.1 Å². The smallest absolute Gasteiger partial charge is 0.317 e. The van der Waals surface area contributed by atoms with E-state index in [0.717, 1.165) is 38.5 Å². The van der Waals surface area contributed by atoms with Gasteiger partial charge in [0.05, 0.1) is 12.1 Å². The average Bonchev–Trinajstić information content (AvgIpc) is 2.93. The van der Waals surface area contributed by atoms with Crippen molar-refractivity contribution in [3.05, 3.63) is 35.4 Å². The highest BCUT2D eigenvalue weighted by atomic mass is 16.3. The second-order valence-electron chi connectivity index (χ2n) is 6.73. The van der Waals surface area contributed by atoms with Gasteiger partial charge in [0.2, 0.25) is 0 Å². The first-order valence-electron chi connectivity index (χ1n) is 8.42. The normalized spacial score (nSPS) is 27.3. The molecule has 0 saturated heterocycles. The molecule has 4 heteroatoms. The quantitative estimate of drug-likeness (QED) is 0.902. The van der Waals surface area contributed by atoms with Gasteiger partial charge in [0.15, 0.2) is 0 Å². The number of benzene rings is 1. The number of urea groups is 1. The summed E-state index contributed by atoms with van der Waals surface area (Å²) < 4.78 is 0. The van der Waals surface area contributed by atoms with Crippen molar-refractivity contribution in [2.75, 3.05) is 13.6 Å². The number of fused-ring (bicyclic) bond motifs is 1. The van der Waals surface area contributed by atoms with Crippen LogP contribution in [0, 0.1) is 5.92 Å². The summed E-state index contributed by atoms with van der Waals surface area (Å²) >= 11 is 0. The third-order valence-electron chi connectivity index (χ3n) is 5.15. The largest absolute Gasteiger partial charge is 0.393 e. The maximum absolute atomic E-state index is 12.4. The van der Waals surface area contributed by atoms with Crippen molar-refractivity contribution in [2.45, 2.75) is 50.7 Å². The number of aliphatic hydroxyl groups excluding tert-OH is 1. The first-order chi connectivity index (χ1) is 10.6. The predicted octanol–water partition coefficient (Wildman–Crippen LogP) is 2.87. The van der Waals surface area contributed by atoms with Crippen LogP contribution >= 0.6 is 0 Å². The highest BCUT2D eigenvalue weighted by Crippen LogP contribution is 2.31. The summed E-state index contributed by atoms with van der Waals surface area (Å²) in [6.45, 7) is 0.640. The lowest BCUT2D eigenvalue weighted by Gasteiger charge is -2.31.